The summed E-state index contributed by atoms with van der Waals surface area (Å²) in [6, 6.07) is 0.380. The zero-order chi connectivity index (χ0) is 10.1. The summed E-state index contributed by atoms with van der Waals surface area (Å²) in [6.07, 6.45) is 8.15. The third kappa shape index (κ3) is 1.51. The number of aromatic nitrogens is 3. The molecule has 0 amide bonds. The first-order valence-electron chi connectivity index (χ1n) is 4.84. The zero-order valence-corrected chi connectivity index (χ0v) is 8.27. The minimum atomic E-state index is -0.179. The fourth-order valence-electron chi connectivity index (χ4n) is 1.64. The number of aryl methyl sites for hydroxylation is 1. The molecule has 4 heteroatoms. The summed E-state index contributed by atoms with van der Waals surface area (Å²) in [4.78, 5) is 0. The Labute approximate surface area is 83.5 Å². The van der Waals surface area contributed by atoms with Gasteiger partial charge in [0.1, 0.15) is 5.82 Å². The van der Waals surface area contributed by atoms with Gasteiger partial charge in [-0.3, -0.25) is 0 Å². The summed E-state index contributed by atoms with van der Waals surface area (Å²) >= 11 is 0. The lowest BCUT2D eigenvalue weighted by Crippen LogP contribution is -2.16. The average molecular weight is 190 g/mol. The van der Waals surface area contributed by atoms with Crippen molar-refractivity contribution in [2.24, 2.45) is 5.73 Å². The van der Waals surface area contributed by atoms with E-state index in [0.29, 0.717) is 12.5 Å². The highest BCUT2D eigenvalue weighted by Gasteiger charge is 2.29. The van der Waals surface area contributed by atoms with E-state index in [9.17, 15) is 0 Å². The maximum Gasteiger partial charge on any atom is 0.151 e. The van der Waals surface area contributed by atoms with Gasteiger partial charge in [0, 0.05) is 12.5 Å². The van der Waals surface area contributed by atoms with Gasteiger partial charge in [-0.15, -0.1) is 22.5 Å². The molecule has 1 aliphatic rings. The van der Waals surface area contributed by atoms with Gasteiger partial charge in [0.2, 0.25) is 0 Å². The Kier molecular flexibility index (Phi) is 2.26. The molecule has 1 heterocycles. The molecule has 0 saturated heterocycles. The van der Waals surface area contributed by atoms with Crippen LogP contribution >= 0.6 is 0 Å². The predicted octanol–water partition coefficient (Wildman–Crippen LogP) is 0.945. The van der Waals surface area contributed by atoms with E-state index in [0.717, 1.165) is 11.6 Å². The average Bonchev–Trinajstić information content (AvgIpc) is 2.90. The summed E-state index contributed by atoms with van der Waals surface area (Å²) in [7, 11) is 0. The Balaban J connectivity index is 2.28. The molecule has 0 bridgehead atoms. The molecule has 1 unspecified atom stereocenters. The first kappa shape index (κ1) is 9.22. The lowest BCUT2D eigenvalue weighted by Gasteiger charge is -2.10. The molecule has 2 rings (SSSR count). The van der Waals surface area contributed by atoms with Crippen molar-refractivity contribution in [2.75, 3.05) is 0 Å². The lowest BCUT2D eigenvalue weighted by molar-refractivity contribution is 0.595. The molecule has 1 atom stereocenters. The minimum Gasteiger partial charge on any atom is -0.321 e. The number of rotatable bonds is 3. The topological polar surface area (TPSA) is 56.7 Å². The predicted molar refractivity (Wildman–Crippen MR) is 53.4 cm³/mol. The monoisotopic (exact) mass is 190 g/mol. The normalized spacial score (nSPS) is 17.8. The maximum absolute atomic E-state index is 5.92. The van der Waals surface area contributed by atoms with Crippen molar-refractivity contribution < 1.29 is 0 Å². The van der Waals surface area contributed by atoms with E-state index in [1.807, 2.05) is 6.92 Å². The smallest absolute Gasteiger partial charge is 0.151 e. The Bertz CT molecular complexity index is 370. The molecule has 1 aromatic heterocycles. The zero-order valence-electron chi connectivity index (χ0n) is 8.27. The van der Waals surface area contributed by atoms with Crippen molar-refractivity contribution in [3.8, 4) is 12.3 Å². The third-order valence-corrected chi connectivity index (χ3v) is 2.47. The molecule has 1 aliphatic carbocycles. The van der Waals surface area contributed by atoms with Crippen LogP contribution in [0.2, 0.25) is 0 Å². The summed E-state index contributed by atoms with van der Waals surface area (Å²) in [5, 5.41) is 8.13. The van der Waals surface area contributed by atoms with Gasteiger partial charge in [0.25, 0.3) is 0 Å². The fraction of sp³-hybridized carbons (Fsp3) is 0.600. The van der Waals surface area contributed by atoms with E-state index in [1.165, 1.54) is 12.8 Å². The summed E-state index contributed by atoms with van der Waals surface area (Å²) in [5.41, 5.74) is 5.92. The van der Waals surface area contributed by atoms with Gasteiger partial charge in [-0.25, -0.2) is 0 Å². The molecule has 74 valence electrons. The Morgan fingerprint density at radius 1 is 1.64 bits per heavy atom. The quantitative estimate of drug-likeness (QED) is 0.722. The molecule has 1 aromatic rings. The number of nitrogens with two attached hydrogens (primary N) is 1. The molecule has 1 saturated carbocycles. The largest absolute Gasteiger partial charge is 0.321 e. The highest BCUT2D eigenvalue weighted by molar-refractivity contribution is 5.07. The van der Waals surface area contributed by atoms with Crippen LogP contribution in [0.1, 0.15) is 43.0 Å². The second kappa shape index (κ2) is 3.43. The Hall–Kier alpha value is -1.34. The first-order chi connectivity index (χ1) is 6.74. The third-order valence-electron chi connectivity index (χ3n) is 2.47. The van der Waals surface area contributed by atoms with E-state index < -0.39 is 0 Å². The Morgan fingerprint density at radius 2 is 2.36 bits per heavy atom. The highest BCUT2D eigenvalue weighted by Crippen LogP contribution is 2.37. The van der Waals surface area contributed by atoms with E-state index in [4.69, 9.17) is 12.2 Å². The van der Waals surface area contributed by atoms with E-state index in [1.54, 1.807) is 0 Å². The number of terminal acetylenes is 1. The van der Waals surface area contributed by atoms with Gasteiger partial charge in [-0.05, 0) is 19.8 Å². The van der Waals surface area contributed by atoms with Crippen LogP contribution in [0, 0.1) is 19.3 Å². The van der Waals surface area contributed by atoms with Crippen LogP contribution in [0.15, 0.2) is 0 Å². The molecular weight excluding hydrogens is 176 g/mol. The molecule has 1 fully saturated rings. The summed E-state index contributed by atoms with van der Waals surface area (Å²) < 4.78 is 2.13. The standard InChI is InChI=1S/C10H14N4/c1-3-4-9(11)10-13-12-7(2)14(10)8-5-6-8/h1,8-9H,4-6,11H2,2H3. The first-order valence-corrected chi connectivity index (χ1v) is 4.84. The van der Waals surface area contributed by atoms with Crippen LogP contribution in [0.5, 0.6) is 0 Å². The molecule has 2 N–H and O–H groups in total. The van der Waals surface area contributed by atoms with Gasteiger partial charge in [-0.1, -0.05) is 0 Å². The maximum atomic E-state index is 5.92. The lowest BCUT2D eigenvalue weighted by atomic mass is 10.2. The molecule has 4 nitrogen and oxygen atoms in total. The molecule has 14 heavy (non-hydrogen) atoms. The van der Waals surface area contributed by atoms with Gasteiger partial charge in [-0.2, -0.15) is 0 Å². The SMILES string of the molecule is C#CCC(N)c1nnc(C)n1C1CC1. The van der Waals surface area contributed by atoms with Crippen LogP contribution in [-0.2, 0) is 0 Å². The molecule has 0 aliphatic heterocycles. The fourth-order valence-corrected chi connectivity index (χ4v) is 1.64. The molecule has 0 spiro atoms. The highest BCUT2D eigenvalue weighted by atomic mass is 15.3. The van der Waals surface area contributed by atoms with Crippen molar-refractivity contribution in [3.05, 3.63) is 11.6 Å². The van der Waals surface area contributed by atoms with Crippen LogP contribution in [0.25, 0.3) is 0 Å². The van der Waals surface area contributed by atoms with E-state index in [2.05, 4.69) is 20.7 Å². The van der Waals surface area contributed by atoms with Crippen LogP contribution < -0.4 is 5.73 Å². The van der Waals surface area contributed by atoms with E-state index in [-0.39, 0.29) is 6.04 Å². The van der Waals surface area contributed by atoms with Crippen molar-refractivity contribution in [3.63, 3.8) is 0 Å². The molecular formula is C10H14N4. The van der Waals surface area contributed by atoms with Gasteiger partial charge in [0.15, 0.2) is 5.82 Å². The van der Waals surface area contributed by atoms with Crippen molar-refractivity contribution in [1.29, 1.82) is 0 Å². The second-order valence-corrected chi connectivity index (χ2v) is 3.72. The van der Waals surface area contributed by atoms with Gasteiger partial charge >= 0.3 is 0 Å². The van der Waals surface area contributed by atoms with Crippen LogP contribution in [0.4, 0.5) is 0 Å². The Morgan fingerprint density at radius 3 is 2.93 bits per heavy atom. The van der Waals surface area contributed by atoms with Crippen LogP contribution in [0.3, 0.4) is 0 Å². The van der Waals surface area contributed by atoms with Gasteiger partial charge in [0.05, 0.1) is 6.04 Å². The number of nitrogens with zero attached hydrogens (tertiary/aromatic N) is 3. The number of hydrogen-bond donors (Lipinski definition) is 1. The number of hydrogen-bond acceptors (Lipinski definition) is 3. The molecule has 0 radical (unpaired) electrons. The minimum absolute atomic E-state index is 0.179. The van der Waals surface area contributed by atoms with Gasteiger partial charge < -0.3 is 10.3 Å². The van der Waals surface area contributed by atoms with Crippen molar-refractivity contribution in [2.45, 2.75) is 38.3 Å². The summed E-state index contributed by atoms with van der Waals surface area (Å²) in [6.45, 7) is 1.96. The second-order valence-electron chi connectivity index (χ2n) is 3.72. The molecule has 0 aromatic carbocycles. The van der Waals surface area contributed by atoms with Crippen molar-refractivity contribution >= 4 is 0 Å². The van der Waals surface area contributed by atoms with E-state index >= 15 is 0 Å². The van der Waals surface area contributed by atoms with Crippen molar-refractivity contribution in [1.82, 2.24) is 14.8 Å². The van der Waals surface area contributed by atoms with Crippen LogP contribution in [-0.4, -0.2) is 14.8 Å². The summed E-state index contributed by atoms with van der Waals surface area (Å²) in [5.74, 6) is 4.33.